The van der Waals surface area contributed by atoms with Gasteiger partial charge >= 0.3 is 5.97 Å². The molecule has 0 bridgehead atoms. The number of carbonyl (C=O) groups is 2. The maximum atomic E-state index is 13.1. The van der Waals surface area contributed by atoms with Crippen LogP contribution in [0.25, 0.3) is 11.3 Å². The van der Waals surface area contributed by atoms with Crippen LogP contribution in [0.3, 0.4) is 0 Å². The monoisotopic (exact) mass is 374 g/mol. The molecule has 7 nitrogen and oxygen atoms in total. The second-order valence-corrected chi connectivity index (χ2v) is 6.86. The molecule has 1 saturated heterocycles. The second kappa shape index (κ2) is 8.30. The lowest BCUT2D eigenvalue weighted by molar-refractivity contribution is -0.138. The van der Waals surface area contributed by atoms with Crippen molar-refractivity contribution in [2.75, 3.05) is 26.7 Å². The lowest BCUT2D eigenvalue weighted by atomic mass is 10.1. The standard InChI is InChI=1S/C19H23FN4O3/c1-23(12-18(25)26)15-3-2-9-24(10-8-15)19(27)17-11-16(21-22-17)13-4-6-14(20)7-5-13/h4-7,11,15H,2-3,8-10,12H2,1H3,(H,21,22)(H,25,26). The number of carbonyl (C=O) groups excluding carboxylic acids is 1. The number of carboxylic acid groups (broad SMARTS) is 1. The number of nitrogens with zero attached hydrogens (tertiary/aromatic N) is 3. The van der Waals surface area contributed by atoms with Crippen molar-refractivity contribution in [1.82, 2.24) is 20.0 Å². The minimum atomic E-state index is -0.847. The normalized spacial score (nSPS) is 17.7. The summed E-state index contributed by atoms with van der Waals surface area (Å²) in [6.07, 6.45) is 2.41. The maximum Gasteiger partial charge on any atom is 0.317 e. The molecule has 1 aromatic carbocycles. The van der Waals surface area contributed by atoms with E-state index in [1.165, 1.54) is 12.1 Å². The van der Waals surface area contributed by atoms with Gasteiger partial charge in [0.2, 0.25) is 0 Å². The Morgan fingerprint density at radius 1 is 1.30 bits per heavy atom. The van der Waals surface area contributed by atoms with Crippen LogP contribution in [0.5, 0.6) is 0 Å². The largest absolute Gasteiger partial charge is 0.480 e. The smallest absolute Gasteiger partial charge is 0.317 e. The quantitative estimate of drug-likeness (QED) is 0.838. The van der Waals surface area contributed by atoms with Crippen LogP contribution in [0.4, 0.5) is 4.39 Å². The highest BCUT2D eigenvalue weighted by molar-refractivity contribution is 5.93. The molecular formula is C19H23FN4O3. The predicted octanol–water partition coefficient (Wildman–Crippen LogP) is 2.23. The van der Waals surface area contributed by atoms with Crippen molar-refractivity contribution in [2.45, 2.75) is 25.3 Å². The van der Waals surface area contributed by atoms with Gasteiger partial charge in [0, 0.05) is 24.7 Å². The van der Waals surface area contributed by atoms with E-state index in [-0.39, 0.29) is 24.3 Å². The van der Waals surface area contributed by atoms with E-state index >= 15 is 0 Å². The third kappa shape index (κ3) is 4.71. The van der Waals surface area contributed by atoms with Gasteiger partial charge in [-0.05, 0) is 56.6 Å². The Morgan fingerprint density at radius 3 is 2.74 bits per heavy atom. The van der Waals surface area contributed by atoms with Crippen molar-refractivity contribution in [1.29, 1.82) is 0 Å². The number of aromatic amines is 1. The number of hydrogen-bond donors (Lipinski definition) is 2. The summed E-state index contributed by atoms with van der Waals surface area (Å²) in [5, 5.41) is 15.9. The molecule has 27 heavy (non-hydrogen) atoms. The summed E-state index contributed by atoms with van der Waals surface area (Å²) in [5.74, 6) is -1.30. The molecule has 0 radical (unpaired) electrons. The van der Waals surface area contributed by atoms with E-state index in [9.17, 15) is 14.0 Å². The van der Waals surface area contributed by atoms with E-state index in [1.54, 1.807) is 30.1 Å². The van der Waals surface area contributed by atoms with E-state index in [2.05, 4.69) is 10.2 Å². The van der Waals surface area contributed by atoms with E-state index in [0.29, 0.717) is 24.5 Å². The third-order valence-electron chi connectivity index (χ3n) is 4.94. The minimum Gasteiger partial charge on any atom is -0.480 e. The Bertz CT molecular complexity index is 806. The number of H-pyrrole nitrogens is 1. The Morgan fingerprint density at radius 2 is 2.04 bits per heavy atom. The summed E-state index contributed by atoms with van der Waals surface area (Å²) in [7, 11) is 1.81. The molecule has 1 aliphatic heterocycles. The van der Waals surface area contributed by atoms with E-state index in [0.717, 1.165) is 24.8 Å². The van der Waals surface area contributed by atoms with Gasteiger partial charge in [-0.25, -0.2) is 4.39 Å². The van der Waals surface area contributed by atoms with Gasteiger partial charge in [0.05, 0.1) is 12.2 Å². The molecule has 1 aliphatic rings. The van der Waals surface area contributed by atoms with Crippen LogP contribution in [0.1, 0.15) is 29.8 Å². The van der Waals surface area contributed by atoms with Gasteiger partial charge < -0.3 is 10.0 Å². The minimum absolute atomic E-state index is 0.000190. The SMILES string of the molecule is CN(CC(=O)O)C1CCCN(C(=O)c2cc(-c3ccc(F)cc3)n[nH]2)CC1. The predicted molar refractivity (Wildman–Crippen MR) is 97.8 cm³/mol. The van der Waals surface area contributed by atoms with Crippen molar-refractivity contribution < 1.29 is 19.1 Å². The fourth-order valence-electron chi connectivity index (χ4n) is 3.44. The average molecular weight is 374 g/mol. The first kappa shape index (κ1) is 19.0. The first-order valence-electron chi connectivity index (χ1n) is 8.96. The lowest BCUT2D eigenvalue weighted by Crippen LogP contribution is -2.37. The number of amides is 1. The molecule has 144 valence electrons. The van der Waals surface area contributed by atoms with Gasteiger partial charge in [0.25, 0.3) is 5.91 Å². The average Bonchev–Trinajstić information content (AvgIpc) is 2.98. The fraction of sp³-hybridized carbons (Fsp3) is 0.421. The molecule has 1 amide bonds. The zero-order valence-electron chi connectivity index (χ0n) is 15.2. The highest BCUT2D eigenvalue weighted by Crippen LogP contribution is 2.21. The van der Waals surface area contributed by atoms with Gasteiger partial charge in [-0.3, -0.25) is 19.6 Å². The summed E-state index contributed by atoms with van der Waals surface area (Å²) in [5.41, 5.74) is 1.72. The Kier molecular flexibility index (Phi) is 5.85. The summed E-state index contributed by atoms with van der Waals surface area (Å²) >= 11 is 0. The van der Waals surface area contributed by atoms with Crippen molar-refractivity contribution in [3.05, 3.63) is 41.8 Å². The van der Waals surface area contributed by atoms with Crippen molar-refractivity contribution >= 4 is 11.9 Å². The van der Waals surface area contributed by atoms with Gasteiger partial charge in [-0.2, -0.15) is 5.10 Å². The molecule has 0 spiro atoms. The van der Waals surface area contributed by atoms with Gasteiger partial charge in [-0.1, -0.05) is 0 Å². The molecule has 1 aromatic heterocycles. The number of carboxylic acids is 1. The molecule has 2 aromatic rings. The highest BCUT2D eigenvalue weighted by Gasteiger charge is 2.25. The number of benzene rings is 1. The molecule has 1 unspecified atom stereocenters. The summed E-state index contributed by atoms with van der Waals surface area (Å²) in [6.45, 7) is 1.19. The van der Waals surface area contributed by atoms with Crippen LogP contribution in [0.15, 0.2) is 30.3 Å². The van der Waals surface area contributed by atoms with Crippen molar-refractivity contribution in [2.24, 2.45) is 0 Å². The van der Waals surface area contributed by atoms with E-state index in [4.69, 9.17) is 5.11 Å². The lowest BCUT2D eigenvalue weighted by Gasteiger charge is -2.25. The number of halogens is 1. The second-order valence-electron chi connectivity index (χ2n) is 6.86. The number of aliphatic carboxylic acids is 1. The molecule has 1 fully saturated rings. The number of likely N-dealkylation sites (N-methyl/N-ethyl adjacent to an activating group) is 1. The summed E-state index contributed by atoms with van der Waals surface area (Å²) in [4.78, 5) is 27.3. The first-order chi connectivity index (χ1) is 12.9. The van der Waals surface area contributed by atoms with E-state index in [1.807, 2.05) is 4.90 Å². The number of hydrogen-bond acceptors (Lipinski definition) is 4. The van der Waals surface area contributed by atoms with Crippen LogP contribution in [-0.4, -0.2) is 69.7 Å². The van der Waals surface area contributed by atoms with Gasteiger partial charge in [0.15, 0.2) is 0 Å². The van der Waals surface area contributed by atoms with Gasteiger partial charge in [-0.15, -0.1) is 0 Å². The molecule has 1 atom stereocenters. The molecular weight excluding hydrogens is 351 g/mol. The first-order valence-corrected chi connectivity index (χ1v) is 8.96. The number of rotatable bonds is 5. The third-order valence-corrected chi connectivity index (χ3v) is 4.94. The molecule has 3 rings (SSSR count). The van der Waals surface area contributed by atoms with E-state index < -0.39 is 5.97 Å². The van der Waals surface area contributed by atoms with Crippen LogP contribution < -0.4 is 0 Å². The van der Waals surface area contributed by atoms with Crippen LogP contribution in [0.2, 0.25) is 0 Å². The van der Waals surface area contributed by atoms with Gasteiger partial charge in [0.1, 0.15) is 11.5 Å². The topological polar surface area (TPSA) is 89.5 Å². The number of aromatic nitrogens is 2. The molecule has 2 N–H and O–H groups in total. The number of likely N-dealkylation sites (tertiary alicyclic amines) is 1. The Hall–Kier alpha value is -2.74. The highest BCUT2D eigenvalue weighted by atomic mass is 19.1. The summed E-state index contributed by atoms with van der Waals surface area (Å²) < 4.78 is 13.1. The Balaban J connectivity index is 1.64. The molecule has 0 saturated carbocycles. The van der Waals surface area contributed by atoms with Crippen LogP contribution in [0, 0.1) is 5.82 Å². The Labute approximate surface area is 156 Å². The van der Waals surface area contributed by atoms with Crippen LogP contribution in [-0.2, 0) is 4.79 Å². The molecule has 2 heterocycles. The molecule has 0 aliphatic carbocycles. The zero-order chi connectivity index (χ0) is 19.4. The zero-order valence-corrected chi connectivity index (χ0v) is 15.2. The van der Waals surface area contributed by atoms with Crippen LogP contribution >= 0.6 is 0 Å². The van der Waals surface area contributed by atoms with Crippen molar-refractivity contribution in [3.8, 4) is 11.3 Å². The fourth-order valence-corrected chi connectivity index (χ4v) is 3.44. The maximum absolute atomic E-state index is 13.1. The number of nitrogens with one attached hydrogen (secondary N) is 1. The molecule has 8 heteroatoms. The van der Waals surface area contributed by atoms with Crippen molar-refractivity contribution in [3.63, 3.8) is 0 Å². The summed E-state index contributed by atoms with van der Waals surface area (Å²) in [6, 6.07) is 7.77.